The molecule has 1 aliphatic rings. The molecule has 1 aromatic carbocycles. The Labute approximate surface area is 103 Å². The normalized spacial score (nSPS) is 15.5. The lowest BCUT2D eigenvalue weighted by Gasteiger charge is -2.22. The Morgan fingerprint density at radius 2 is 2.18 bits per heavy atom. The molecule has 0 amide bonds. The zero-order chi connectivity index (χ0) is 12.3. The third kappa shape index (κ3) is 3.43. The molecular formula is C14H21FN2. The van der Waals surface area contributed by atoms with Crippen molar-refractivity contribution in [1.29, 1.82) is 0 Å². The molecule has 0 aliphatic heterocycles. The van der Waals surface area contributed by atoms with Crippen molar-refractivity contribution in [3.05, 3.63) is 29.6 Å². The summed E-state index contributed by atoms with van der Waals surface area (Å²) in [6.07, 6.45) is 4.90. The predicted molar refractivity (Wildman–Crippen MR) is 69.2 cm³/mol. The topological polar surface area (TPSA) is 29.3 Å². The van der Waals surface area contributed by atoms with E-state index >= 15 is 0 Å². The van der Waals surface area contributed by atoms with E-state index in [1.54, 1.807) is 6.07 Å². The monoisotopic (exact) mass is 236 g/mol. The first kappa shape index (κ1) is 12.4. The molecule has 17 heavy (non-hydrogen) atoms. The maximum atomic E-state index is 13.7. The summed E-state index contributed by atoms with van der Waals surface area (Å²) < 4.78 is 13.7. The number of hydrogen-bond acceptors (Lipinski definition) is 2. The first-order valence-electron chi connectivity index (χ1n) is 6.48. The first-order valence-corrected chi connectivity index (χ1v) is 6.48. The number of rotatable bonds is 6. The van der Waals surface area contributed by atoms with E-state index in [-0.39, 0.29) is 5.82 Å². The molecule has 94 valence electrons. The second-order valence-corrected chi connectivity index (χ2v) is 4.91. The van der Waals surface area contributed by atoms with Crippen LogP contribution in [0.5, 0.6) is 0 Å². The van der Waals surface area contributed by atoms with Crippen molar-refractivity contribution in [3.63, 3.8) is 0 Å². The SMILES string of the molecule is CCCCN(Cc1ccc(N)cc1F)C1CC1. The fourth-order valence-corrected chi connectivity index (χ4v) is 2.10. The van der Waals surface area contributed by atoms with Gasteiger partial charge in [-0.15, -0.1) is 0 Å². The summed E-state index contributed by atoms with van der Waals surface area (Å²) >= 11 is 0. The van der Waals surface area contributed by atoms with E-state index in [1.807, 2.05) is 6.07 Å². The average Bonchev–Trinajstić information content (AvgIpc) is 3.11. The Morgan fingerprint density at radius 1 is 1.41 bits per heavy atom. The molecule has 3 heteroatoms. The summed E-state index contributed by atoms with van der Waals surface area (Å²) in [6, 6.07) is 5.69. The van der Waals surface area contributed by atoms with Crippen LogP contribution in [0.25, 0.3) is 0 Å². The van der Waals surface area contributed by atoms with Gasteiger partial charge in [0.25, 0.3) is 0 Å². The average molecular weight is 236 g/mol. The lowest BCUT2D eigenvalue weighted by atomic mass is 10.1. The Bertz CT molecular complexity index is 374. The molecule has 0 atom stereocenters. The molecule has 1 saturated carbocycles. The van der Waals surface area contributed by atoms with Gasteiger partial charge in [-0.25, -0.2) is 4.39 Å². The Balaban J connectivity index is 2.00. The van der Waals surface area contributed by atoms with E-state index in [0.29, 0.717) is 11.7 Å². The quantitative estimate of drug-likeness (QED) is 0.769. The molecule has 0 aromatic heterocycles. The third-order valence-corrected chi connectivity index (χ3v) is 3.31. The fourth-order valence-electron chi connectivity index (χ4n) is 2.10. The van der Waals surface area contributed by atoms with Crippen LogP contribution in [-0.2, 0) is 6.54 Å². The van der Waals surface area contributed by atoms with E-state index in [9.17, 15) is 4.39 Å². The molecule has 1 aromatic rings. The molecule has 0 unspecified atom stereocenters. The minimum atomic E-state index is -0.174. The van der Waals surface area contributed by atoms with Crippen LogP contribution in [0.3, 0.4) is 0 Å². The molecule has 0 heterocycles. The van der Waals surface area contributed by atoms with E-state index in [4.69, 9.17) is 5.73 Å². The third-order valence-electron chi connectivity index (χ3n) is 3.31. The second-order valence-electron chi connectivity index (χ2n) is 4.91. The molecule has 0 saturated heterocycles. The fraction of sp³-hybridized carbons (Fsp3) is 0.571. The van der Waals surface area contributed by atoms with Gasteiger partial charge in [-0.1, -0.05) is 19.4 Å². The number of halogens is 1. The number of hydrogen-bond donors (Lipinski definition) is 1. The summed E-state index contributed by atoms with van der Waals surface area (Å²) in [5.74, 6) is -0.174. The van der Waals surface area contributed by atoms with Gasteiger partial charge >= 0.3 is 0 Å². The van der Waals surface area contributed by atoms with Crippen molar-refractivity contribution in [2.24, 2.45) is 0 Å². The van der Waals surface area contributed by atoms with Gasteiger partial charge in [0, 0.05) is 23.8 Å². The Morgan fingerprint density at radius 3 is 2.76 bits per heavy atom. The van der Waals surface area contributed by atoms with Crippen molar-refractivity contribution in [3.8, 4) is 0 Å². The molecule has 1 aliphatic carbocycles. The van der Waals surface area contributed by atoms with Crippen LogP contribution in [0.15, 0.2) is 18.2 Å². The van der Waals surface area contributed by atoms with Crippen LogP contribution in [0, 0.1) is 5.82 Å². The van der Waals surface area contributed by atoms with Crippen LogP contribution >= 0.6 is 0 Å². The highest BCUT2D eigenvalue weighted by Gasteiger charge is 2.28. The molecular weight excluding hydrogens is 215 g/mol. The van der Waals surface area contributed by atoms with E-state index in [2.05, 4.69) is 11.8 Å². The number of nitrogens with two attached hydrogens (primary N) is 1. The van der Waals surface area contributed by atoms with Crippen LogP contribution in [-0.4, -0.2) is 17.5 Å². The van der Waals surface area contributed by atoms with Gasteiger partial charge in [-0.05, 0) is 37.9 Å². The lowest BCUT2D eigenvalue weighted by molar-refractivity contribution is 0.247. The zero-order valence-electron chi connectivity index (χ0n) is 10.5. The first-order chi connectivity index (χ1) is 8.20. The maximum absolute atomic E-state index is 13.7. The Hall–Kier alpha value is -1.09. The van der Waals surface area contributed by atoms with Gasteiger partial charge < -0.3 is 5.73 Å². The van der Waals surface area contributed by atoms with Crippen molar-refractivity contribution < 1.29 is 4.39 Å². The predicted octanol–water partition coefficient (Wildman–Crippen LogP) is 3.17. The van der Waals surface area contributed by atoms with Crippen molar-refractivity contribution in [2.45, 2.75) is 45.2 Å². The van der Waals surface area contributed by atoms with Gasteiger partial charge in [0.1, 0.15) is 5.82 Å². The standard InChI is InChI=1S/C14H21FN2/c1-2-3-8-17(13-6-7-13)10-11-4-5-12(16)9-14(11)15/h4-5,9,13H,2-3,6-8,10,16H2,1H3. The highest BCUT2D eigenvalue weighted by molar-refractivity contribution is 5.40. The second kappa shape index (κ2) is 5.50. The largest absolute Gasteiger partial charge is 0.399 e. The summed E-state index contributed by atoms with van der Waals surface area (Å²) in [4.78, 5) is 2.40. The highest BCUT2D eigenvalue weighted by atomic mass is 19.1. The number of benzene rings is 1. The summed E-state index contributed by atoms with van der Waals surface area (Å²) in [6.45, 7) is 3.98. The van der Waals surface area contributed by atoms with Gasteiger partial charge in [0.05, 0.1) is 0 Å². The summed E-state index contributed by atoms with van der Waals surface area (Å²) in [5.41, 5.74) is 6.82. The van der Waals surface area contributed by atoms with Gasteiger partial charge in [0.15, 0.2) is 0 Å². The lowest BCUT2D eigenvalue weighted by Crippen LogP contribution is -2.27. The van der Waals surface area contributed by atoms with Crippen LogP contribution < -0.4 is 5.73 Å². The highest BCUT2D eigenvalue weighted by Crippen LogP contribution is 2.29. The van der Waals surface area contributed by atoms with Crippen LogP contribution in [0.1, 0.15) is 38.2 Å². The molecule has 0 radical (unpaired) electrons. The summed E-state index contributed by atoms with van der Waals surface area (Å²) in [7, 11) is 0. The van der Waals surface area contributed by atoms with Gasteiger partial charge in [-0.3, -0.25) is 4.90 Å². The van der Waals surface area contributed by atoms with Crippen molar-refractivity contribution in [1.82, 2.24) is 4.90 Å². The number of anilines is 1. The maximum Gasteiger partial charge on any atom is 0.129 e. The molecule has 1 fully saturated rings. The summed E-state index contributed by atoms with van der Waals surface area (Å²) in [5, 5.41) is 0. The number of nitrogen functional groups attached to an aromatic ring is 1. The molecule has 0 bridgehead atoms. The van der Waals surface area contributed by atoms with Crippen LogP contribution in [0.2, 0.25) is 0 Å². The van der Waals surface area contributed by atoms with Crippen molar-refractivity contribution >= 4 is 5.69 Å². The number of nitrogens with zero attached hydrogens (tertiary/aromatic N) is 1. The van der Waals surface area contributed by atoms with Gasteiger partial charge in [-0.2, -0.15) is 0 Å². The molecule has 2 rings (SSSR count). The van der Waals surface area contributed by atoms with Crippen LogP contribution in [0.4, 0.5) is 10.1 Å². The molecule has 2 nitrogen and oxygen atoms in total. The van der Waals surface area contributed by atoms with Crippen molar-refractivity contribution in [2.75, 3.05) is 12.3 Å². The van der Waals surface area contributed by atoms with E-state index < -0.39 is 0 Å². The molecule has 0 spiro atoms. The molecule has 2 N–H and O–H groups in total. The van der Waals surface area contributed by atoms with E-state index in [0.717, 1.165) is 18.7 Å². The minimum Gasteiger partial charge on any atom is -0.399 e. The Kier molecular flexibility index (Phi) is 4.00. The number of unbranched alkanes of at least 4 members (excludes halogenated alkanes) is 1. The zero-order valence-corrected chi connectivity index (χ0v) is 10.5. The van der Waals surface area contributed by atoms with E-state index in [1.165, 1.54) is 31.7 Å². The van der Waals surface area contributed by atoms with Gasteiger partial charge in [0.2, 0.25) is 0 Å². The minimum absolute atomic E-state index is 0.174. The smallest absolute Gasteiger partial charge is 0.129 e.